The Morgan fingerprint density at radius 1 is 1.33 bits per heavy atom. The molecule has 0 unspecified atom stereocenters. The molecule has 0 aliphatic rings. The van der Waals surface area contributed by atoms with E-state index in [2.05, 4.69) is 10.2 Å². The minimum Gasteiger partial charge on any atom is -0.399 e. The van der Waals surface area contributed by atoms with Gasteiger partial charge in [0.1, 0.15) is 5.60 Å². The number of aliphatic hydroxyl groups is 1. The predicted octanol–water partition coefficient (Wildman–Crippen LogP) is 1.95. The molecule has 3 N–H and O–H groups in total. The molecular formula is C12H15ClN4O. The smallest absolute Gasteiger partial charge is 0.165 e. The van der Waals surface area contributed by atoms with Gasteiger partial charge in [-0.3, -0.25) is 0 Å². The Labute approximate surface area is 110 Å². The minimum absolute atomic E-state index is 0.477. The third-order valence-electron chi connectivity index (χ3n) is 2.66. The SMILES string of the molecule is Cn1c(-c2ccc(N)cc2Cl)nnc1C(C)(C)O. The van der Waals surface area contributed by atoms with E-state index in [0.717, 1.165) is 5.56 Å². The van der Waals surface area contributed by atoms with Gasteiger partial charge in [-0.25, -0.2) is 0 Å². The van der Waals surface area contributed by atoms with E-state index in [1.807, 2.05) is 0 Å². The van der Waals surface area contributed by atoms with Crippen LogP contribution in [0.25, 0.3) is 11.4 Å². The molecule has 2 rings (SSSR count). The summed E-state index contributed by atoms with van der Waals surface area (Å²) >= 11 is 6.14. The number of anilines is 1. The standard InChI is InChI=1S/C12H15ClN4O/c1-12(2,18)11-16-15-10(17(11)3)8-5-4-7(14)6-9(8)13/h4-6,18H,14H2,1-3H3. The van der Waals surface area contributed by atoms with Crippen molar-refractivity contribution in [2.45, 2.75) is 19.4 Å². The Bertz CT molecular complexity index is 586. The van der Waals surface area contributed by atoms with Crippen LogP contribution in [0.3, 0.4) is 0 Å². The zero-order valence-corrected chi connectivity index (χ0v) is 11.2. The van der Waals surface area contributed by atoms with Crippen LogP contribution in [0.5, 0.6) is 0 Å². The average molecular weight is 267 g/mol. The van der Waals surface area contributed by atoms with Crippen LogP contribution in [0, 0.1) is 0 Å². The molecule has 1 heterocycles. The summed E-state index contributed by atoms with van der Waals surface area (Å²) in [4.78, 5) is 0. The molecule has 96 valence electrons. The average Bonchev–Trinajstić information content (AvgIpc) is 2.60. The van der Waals surface area contributed by atoms with Crippen molar-refractivity contribution in [2.75, 3.05) is 5.73 Å². The molecule has 18 heavy (non-hydrogen) atoms. The number of nitrogens with two attached hydrogens (primary N) is 1. The third kappa shape index (κ3) is 2.19. The Morgan fingerprint density at radius 2 is 2.00 bits per heavy atom. The number of nitrogen functional groups attached to an aromatic ring is 1. The lowest BCUT2D eigenvalue weighted by atomic mass is 10.1. The van der Waals surface area contributed by atoms with E-state index < -0.39 is 5.60 Å². The van der Waals surface area contributed by atoms with Crippen molar-refractivity contribution in [3.8, 4) is 11.4 Å². The van der Waals surface area contributed by atoms with Gasteiger partial charge in [0.25, 0.3) is 0 Å². The summed E-state index contributed by atoms with van der Waals surface area (Å²) in [5.74, 6) is 1.07. The predicted molar refractivity (Wildman–Crippen MR) is 71.1 cm³/mol. The molecule has 5 nitrogen and oxygen atoms in total. The highest BCUT2D eigenvalue weighted by Crippen LogP contribution is 2.30. The first-order valence-electron chi connectivity index (χ1n) is 5.48. The Balaban J connectivity index is 2.56. The molecule has 2 aromatic rings. The van der Waals surface area contributed by atoms with Crippen molar-refractivity contribution in [3.05, 3.63) is 29.0 Å². The molecule has 6 heteroatoms. The van der Waals surface area contributed by atoms with Gasteiger partial charge in [0.15, 0.2) is 11.6 Å². The van der Waals surface area contributed by atoms with Gasteiger partial charge in [-0.2, -0.15) is 0 Å². The van der Waals surface area contributed by atoms with Gasteiger partial charge in [0.2, 0.25) is 0 Å². The van der Waals surface area contributed by atoms with E-state index in [1.54, 1.807) is 43.7 Å². The summed E-state index contributed by atoms with van der Waals surface area (Å²) < 4.78 is 1.72. The van der Waals surface area contributed by atoms with Crippen LogP contribution in [0.1, 0.15) is 19.7 Å². The second-order valence-corrected chi connectivity index (χ2v) is 5.11. The quantitative estimate of drug-likeness (QED) is 0.815. The van der Waals surface area contributed by atoms with Crippen molar-refractivity contribution in [2.24, 2.45) is 7.05 Å². The number of rotatable bonds is 2. The van der Waals surface area contributed by atoms with Crippen molar-refractivity contribution >= 4 is 17.3 Å². The van der Waals surface area contributed by atoms with Gasteiger partial charge in [-0.1, -0.05) is 11.6 Å². The molecule has 1 aromatic carbocycles. The van der Waals surface area contributed by atoms with Crippen LogP contribution < -0.4 is 5.73 Å². The highest BCUT2D eigenvalue weighted by molar-refractivity contribution is 6.33. The Morgan fingerprint density at radius 3 is 2.50 bits per heavy atom. The fourth-order valence-electron chi connectivity index (χ4n) is 1.81. The fourth-order valence-corrected chi connectivity index (χ4v) is 2.08. The van der Waals surface area contributed by atoms with Gasteiger partial charge in [-0.15, -0.1) is 10.2 Å². The van der Waals surface area contributed by atoms with Gasteiger partial charge >= 0.3 is 0 Å². The van der Waals surface area contributed by atoms with E-state index in [1.165, 1.54) is 0 Å². The van der Waals surface area contributed by atoms with Crippen LogP contribution in [0.4, 0.5) is 5.69 Å². The molecule has 0 aliphatic carbocycles. The lowest BCUT2D eigenvalue weighted by Gasteiger charge is -2.16. The lowest BCUT2D eigenvalue weighted by Crippen LogP contribution is -2.21. The van der Waals surface area contributed by atoms with Gasteiger partial charge in [0.05, 0.1) is 5.02 Å². The molecule has 0 amide bonds. The monoisotopic (exact) mass is 266 g/mol. The maximum Gasteiger partial charge on any atom is 0.165 e. The molecule has 0 saturated carbocycles. The zero-order valence-electron chi connectivity index (χ0n) is 10.5. The molecule has 0 atom stereocenters. The third-order valence-corrected chi connectivity index (χ3v) is 2.97. The molecular weight excluding hydrogens is 252 g/mol. The number of nitrogens with zero attached hydrogens (tertiary/aromatic N) is 3. The Kier molecular flexibility index (Phi) is 3.04. The first-order chi connectivity index (χ1) is 8.30. The van der Waals surface area contributed by atoms with Crippen molar-refractivity contribution < 1.29 is 5.11 Å². The summed E-state index contributed by atoms with van der Waals surface area (Å²) in [5.41, 5.74) is 5.92. The summed E-state index contributed by atoms with van der Waals surface area (Å²) in [5, 5.41) is 18.5. The fraction of sp³-hybridized carbons (Fsp3) is 0.333. The summed E-state index contributed by atoms with van der Waals surface area (Å²) in [6, 6.07) is 5.20. The van der Waals surface area contributed by atoms with Gasteiger partial charge in [0, 0.05) is 18.3 Å². The first-order valence-corrected chi connectivity index (χ1v) is 5.86. The number of benzene rings is 1. The largest absolute Gasteiger partial charge is 0.399 e. The molecule has 1 aromatic heterocycles. The summed E-state index contributed by atoms with van der Waals surface area (Å²) in [6.07, 6.45) is 0. The van der Waals surface area contributed by atoms with E-state index in [4.69, 9.17) is 17.3 Å². The lowest BCUT2D eigenvalue weighted by molar-refractivity contribution is 0.0655. The number of aromatic nitrogens is 3. The second kappa shape index (κ2) is 4.26. The molecule has 0 fully saturated rings. The molecule has 0 aliphatic heterocycles. The minimum atomic E-state index is -1.06. The van der Waals surface area contributed by atoms with E-state index in [-0.39, 0.29) is 0 Å². The van der Waals surface area contributed by atoms with Crippen LogP contribution in [0.15, 0.2) is 18.2 Å². The molecule has 0 spiro atoms. The highest BCUT2D eigenvalue weighted by atomic mass is 35.5. The van der Waals surface area contributed by atoms with Crippen molar-refractivity contribution in [1.82, 2.24) is 14.8 Å². The maximum absolute atomic E-state index is 9.97. The maximum atomic E-state index is 9.97. The number of hydrogen-bond acceptors (Lipinski definition) is 4. The Hall–Kier alpha value is -1.59. The van der Waals surface area contributed by atoms with Crippen LogP contribution >= 0.6 is 11.6 Å². The van der Waals surface area contributed by atoms with E-state index >= 15 is 0 Å². The normalized spacial score (nSPS) is 11.8. The second-order valence-electron chi connectivity index (χ2n) is 4.70. The molecule has 0 bridgehead atoms. The topological polar surface area (TPSA) is 77.0 Å². The first kappa shape index (κ1) is 12.9. The van der Waals surface area contributed by atoms with Crippen LogP contribution in [-0.2, 0) is 12.6 Å². The van der Waals surface area contributed by atoms with Crippen LogP contribution in [0.2, 0.25) is 5.02 Å². The highest BCUT2D eigenvalue weighted by Gasteiger charge is 2.25. The summed E-state index contributed by atoms with van der Waals surface area (Å²) in [6.45, 7) is 3.32. The van der Waals surface area contributed by atoms with Crippen LogP contribution in [-0.4, -0.2) is 19.9 Å². The summed E-state index contributed by atoms with van der Waals surface area (Å²) in [7, 11) is 1.79. The number of halogens is 1. The van der Waals surface area contributed by atoms with Gasteiger partial charge < -0.3 is 15.4 Å². The van der Waals surface area contributed by atoms with Crippen molar-refractivity contribution in [1.29, 1.82) is 0 Å². The number of hydrogen-bond donors (Lipinski definition) is 2. The van der Waals surface area contributed by atoms with E-state index in [9.17, 15) is 5.11 Å². The van der Waals surface area contributed by atoms with Gasteiger partial charge in [-0.05, 0) is 32.0 Å². The molecule has 0 saturated heterocycles. The van der Waals surface area contributed by atoms with E-state index in [0.29, 0.717) is 22.4 Å². The molecule has 0 radical (unpaired) electrons. The zero-order chi connectivity index (χ0) is 13.5. The van der Waals surface area contributed by atoms with Crippen molar-refractivity contribution in [3.63, 3.8) is 0 Å².